The van der Waals surface area contributed by atoms with Crippen LogP contribution >= 0.6 is 0 Å². The highest BCUT2D eigenvalue weighted by molar-refractivity contribution is 6.04. The van der Waals surface area contributed by atoms with Crippen molar-refractivity contribution >= 4 is 17.7 Å². The van der Waals surface area contributed by atoms with E-state index in [1.165, 1.54) is 4.90 Å². The molecule has 96 valence electrons. The Morgan fingerprint density at radius 3 is 2.71 bits per heavy atom. The number of nitrogens with one attached hydrogen (secondary N) is 1. The van der Waals surface area contributed by atoms with Gasteiger partial charge in [0.05, 0.1) is 6.10 Å². The fourth-order valence-corrected chi connectivity index (χ4v) is 1.66. The van der Waals surface area contributed by atoms with Gasteiger partial charge >= 0.3 is 0 Å². The van der Waals surface area contributed by atoms with E-state index in [2.05, 4.69) is 5.32 Å². The van der Waals surface area contributed by atoms with Gasteiger partial charge in [0.1, 0.15) is 19.2 Å². The number of carbonyl (C=O) groups excluding carboxylic acids is 3. The third-order valence-corrected chi connectivity index (χ3v) is 2.50. The molecule has 1 unspecified atom stereocenters. The third kappa shape index (κ3) is 3.52. The van der Waals surface area contributed by atoms with Gasteiger partial charge in [0.2, 0.25) is 17.7 Å². The molecule has 0 aromatic rings. The molecule has 1 atom stereocenters. The van der Waals surface area contributed by atoms with E-state index < -0.39 is 17.9 Å². The summed E-state index contributed by atoms with van der Waals surface area (Å²) in [7, 11) is 0. The summed E-state index contributed by atoms with van der Waals surface area (Å²) in [4.78, 5) is 35.9. The minimum Gasteiger partial charge on any atom is -0.369 e. The second-order valence-electron chi connectivity index (χ2n) is 4.22. The van der Waals surface area contributed by atoms with E-state index in [0.29, 0.717) is 6.42 Å². The molecule has 0 bridgehead atoms. The topological polar surface area (TPSA) is 75.7 Å². The fraction of sp³-hybridized carbons (Fsp3) is 0.727. The van der Waals surface area contributed by atoms with Crippen LogP contribution in [0.3, 0.4) is 0 Å². The minimum absolute atomic E-state index is 0.0617. The summed E-state index contributed by atoms with van der Waals surface area (Å²) in [5, 5.41) is 2.22. The Hall–Kier alpha value is -1.43. The predicted octanol–water partition coefficient (Wildman–Crippen LogP) is -0.325. The summed E-state index contributed by atoms with van der Waals surface area (Å²) in [5.74, 6) is -1.19. The van der Waals surface area contributed by atoms with Crippen LogP contribution in [0.4, 0.5) is 0 Å². The summed E-state index contributed by atoms with van der Waals surface area (Å²) in [6.07, 6.45) is 0.417. The molecule has 1 saturated heterocycles. The van der Waals surface area contributed by atoms with Crippen LogP contribution in [0.15, 0.2) is 0 Å². The molecule has 1 heterocycles. The molecule has 6 heteroatoms. The Kier molecular flexibility index (Phi) is 4.62. The van der Waals surface area contributed by atoms with Gasteiger partial charge in [-0.25, -0.2) is 0 Å². The Morgan fingerprint density at radius 1 is 1.53 bits per heavy atom. The van der Waals surface area contributed by atoms with Crippen LogP contribution in [-0.4, -0.2) is 47.9 Å². The Labute approximate surface area is 100 Å². The monoisotopic (exact) mass is 242 g/mol. The molecule has 0 aliphatic carbocycles. The predicted molar refractivity (Wildman–Crippen MR) is 60.0 cm³/mol. The van der Waals surface area contributed by atoms with E-state index in [1.807, 2.05) is 13.8 Å². The number of nitrogens with zero attached hydrogens (tertiary/aromatic N) is 1. The molecule has 17 heavy (non-hydrogen) atoms. The van der Waals surface area contributed by atoms with Crippen LogP contribution in [0.25, 0.3) is 0 Å². The summed E-state index contributed by atoms with van der Waals surface area (Å²) >= 11 is 0. The van der Waals surface area contributed by atoms with Gasteiger partial charge in [0.25, 0.3) is 0 Å². The quantitative estimate of drug-likeness (QED) is 0.685. The zero-order chi connectivity index (χ0) is 13.0. The van der Waals surface area contributed by atoms with E-state index >= 15 is 0 Å². The zero-order valence-electron chi connectivity index (χ0n) is 10.4. The van der Waals surface area contributed by atoms with Crippen molar-refractivity contribution in [3.8, 4) is 0 Å². The van der Waals surface area contributed by atoms with Crippen molar-refractivity contribution in [1.29, 1.82) is 0 Å². The van der Waals surface area contributed by atoms with Crippen molar-refractivity contribution in [3.63, 3.8) is 0 Å². The highest BCUT2D eigenvalue weighted by Crippen LogP contribution is 2.09. The van der Waals surface area contributed by atoms with Crippen molar-refractivity contribution in [2.45, 2.75) is 39.3 Å². The SMILES string of the molecule is CCC1C(=O)NC(=O)CN1C(=O)COC(C)C. The Morgan fingerprint density at radius 2 is 2.18 bits per heavy atom. The lowest BCUT2D eigenvalue weighted by Gasteiger charge is -2.33. The second kappa shape index (κ2) is 5.77. The lowest BCUT2D eigenvalue weighted by atomic mass is 10.1. The molecule has 1 fully saturated rings. The molecule has 0 aromatic heterocycles. The lowest BCUT2D eigenvalue weighted by molar-refractivity contribution is -0.153. The number of rotatable bonds is 4. The van der Waals surface area contributed by atoms with Crippen LogP contribution < -0.4 is 5.32 Å². The standard InChI is InChI=1S/C11H18N2O4/c1-4-8-11(16)12-9(14)5-13(8)10(15)6-17-7(2)3/h7-8H,4-6H2,1-3H3,(H,12,14,16). The second-order valence-corrected chi connectivity index (χ2v) is 4.22. The summed E-state index contributed by atoms with van der Waals surface area (Å²) in [6, 6.07) is -0.573. The molecule has 0 radical (unpaired) electrons. The first-order chi connectivity index (χ1) is 7.95. The van der Waals surface area contributed by atoms with Crippen LogP contribution in [0, 0.1) is 0 Å². The summed E-state index contributed by atoms with van der Waals surface area (Å²) < 4.78 is 5.19. The molecule has 0 spiro atoms. The van der Waals surface area contributed by atoms with Gasteiger partial charge in [-0.05, 0) is 20.3 Å². The molecule has 1 rings (SSSR count). The maximum Gasteiger partial charge on any atom is 0.249 e. The molecule has 1 N–H and O–H groups in total. The van der Waals surface area contributed by atoms with Crippen molar-refractivity contribution < 1.29 is 19.1 Å². The minimum atomic E-state index is -0.573. The highest BCUT2D eigenvalue weighted by atomic mass is 16.5. The van der Waals surface area contributed by atoms with Crippen molar-refractivity contribution in [3.05, 3.63) is 0 Å². The number of hydrogen-bond donors (Lipinski definition) is 1. The molecular weight excluding hydrogens is 224 g/mol. The van der Waals surface area contributed by atoms with Gasteiger partial charge in [0.15, 0.2) is 0 Å². The normalized spacial score (nSPS) is 20.7. The molecule has 1 aliphatic rings. The van der Waals surface area contributed by atoms with Crippen molar-refractivity contribution in [2.24, 2.45) is 0 Å². The van der Waals surface area contributed by atoms with Gasteiger partial charge in [-0.2, -0.15) is 0 Å². The van der Waals surface area contributed by atoms with Crippen molar-refractivity contribution in [1.82, 2.24) is 10.2 Å². The molecular formula is C11H18N2O4. The van der Waals surface area contributed by atoms with Crippen molar-refractivity contribution in [2.75, 3.05) is 13.2 Å². The van der Waals surface area contributed by atoms with Gasteiger partial charge < -0.3 is 9.64 Å². The number of carbonyl (C=O) groups is 3. The Bertz CT molecular complexity index is 327. The van der Waals surface area contributed by atoms with E-state index in [4.69, 9.17) is 4.74 Å². The highest BCUT2D eigenvalue weighted by Gasteiger charge is 2.35. The third-order valence-electron chi connectivity index (χ3n) is 2.50. The molecule has 6 nitrogen and oxygen atoms in total. The lowest BCUT2D eigenvalue weighted by Crippen LogP contribution is -2.60. The van der Waals surface area contributed by atoms with E-state index in [0.717, 1.165) is 0 Å². The summed E-state index contributed by atoms with van der Waals surface area (Å²) in [5.41, 5.74) is 0. The van der Waals surface area contributed by atoms with Gasteiger partial charge in [-0.3, -0.25) is 19.7 Å². The molecule has 3 amide bonds. The first-order valence-electron chi connectivity index (χ1n) is 5.70. The first-order valence-corrected chi connectivity index (χ1v) is 5.70. The zero-order valence-corrected chi connectivity index (χ0v) is 10.4. The van der Waals surface area contributed by atoms with Gasteiger partial charge in [-0.1, -0.05) is 6.92 Å². The number of piperazine rings is 1. The fourth-order valence-electron chi connectivity index (χ4n) is 1.66. The van der Waals surface area contributed by atoms with Gasteiger partial charge in [-0.15, -0.1) is 0 Å². The maximum atomic E-state index is 11.8. The number of ether oxygens (including phenoxy) is 1. The molecule has 0 saturated carbocycles. The van der Waals surface area contributed by atoms with E-state index in [9.17, 15) is 14.4 Å². The van der Waals surface area contributed by atoms with E-state index in [1.54, 1.807) is 6.92 Å². The van der Waals surface area contributed by atoms with Gasteiger partial charge in [0, 0.05) is 0 Å². The maximum absolute atomic E-state index is 11.8. The number of imide groups is 1. The van der Waals surface area contributed by atoms with Crippen LogP contribution in [0.5, 0.6) is 0 Å². The van der Waals surface area contributed by atoms with E-state index in [-0.39, 0.29) is 25.2 Å². The first kappa shape index (κ1) is 13.6. The molecule has 0 aromatic carbocycles. The largest absolute Gasteiger partial charge is 0.369 e. The van der Waals surface area contributed by atoms with Crippen LogP contribution in [-0.2, 0) is 19.1 Å². The molecule has 1 aliphatic heterocycles. The average Bonchev–Trinajstić information content (AvgIpc) is 2.24. The van der Waals surface area contributed by atoms with Crippen LogP contribution in [0.1, 0.15) is 27.2 Å². The Balaban J connectivity index is 2.67. The average molecular weight is 242 g/mol. The number of amides is 3. The summed E-state index contributed by atoms with van der Waals surface area (Å²) in [6.45, 7) is 5.25. The smallest absolute Gasteiger partial charge is 0.249 e. The number of hydrogen-bond acceptors (Lipinski definition) is 4. The van der Waals surface area contributed by atoms with Crippen LogP contribution in [0.2, 0.25) is 0 Å².